The standard InChI is InChI=1S/C14H19FN2O2/c1-14(19)6-2-7-17(10-14)8-5-13(18)12-4-3-11(15)9-16-12/h3-4,9,19H,2,5-8,10H2,1H3. The Kier molecular flexibility index (Phi) is 4.27. The van der Waals surface area contributed by atoms with Crippen LogP contribution in [0.4, 0.5) is 4.39 Å². The van der Waals surface area contributed by atoms with Crippen molar-refractivity contribution in [3.05, 3.63) is 29.8 Å². The largest absolute Gasteiger partial charge is 0.389 e. The first kappa shape index (κ1) is 14.1. The topological polar surface area (TPSA) is 53.4 Å². The van der Waals surface area contributed by atoms with Gasteiger partial charge in [0.2, 0.25) is 0 Å². The van der Waals surface area contributed by atoms with E-state index in [4.69, 9.17) is 0 Å². The third-order valence-electron chi connectivity index (χ3n) is 3.42. The van der Waals surface area contributed by atoms with Crippen LogP contribution < -0.4 is 0 Å². The van der Waals surface area contributed by atoms with E-state index in [1.165, 1.54) is 12.1 Å². The Hall–Kier alpha value is -1.33. The smallest absolute Gasteiger partial charge is 0.182 e. The number of ketones is 1. The number of carbonyl (C=O) groups is 1. The third-order valence-corrected chi connectivity index (χ3v) is 3.42. The minimum Gasteiger partial charge on any atom is -0.389 e. The summed E-state index contributed by atoms with van der Waals surface area (Å²) < 4.78 is 12.7. The molecule has 1 aliphatic rings. The van der Waals surface area contributed by atoms with Gasteiger partial charge in [-0.05, 0) is 38.4 Å². The SMILES string of the molecule is CC1(O)CCCN(CCC(=O)c2ccc(F)cn2)C1. The summed E-state index contributed by atoms with van der Waals surface area (Å²) in [6, 6.07) is 2.65. The van der Waals surface area contributed by atoms with E-state index in [-0.39, 0.29) is 5.78 Å². The lowest BCUT2D eigenvalue weighted by Gasteiger charge is -2.36. The van der Waals surface area contributed by atoms with E-state index in [1.54, 1.807) is 0 Å². The maximum Gasteiger partial charge on any atom is 0.182 e. The van der Waals surface area contributed by atoms with Crippen molar-refractivity contribution in [3.8, 4) is 0 Å². The van der Waals surface area contributed by atoms with E-state index in [0.717, 1.165) is 25.6 Å². The number of carbonyl (C=O) groups excluding carboxylic acids is 1. The molecule has 1 aliphatic heterocycles. The Morgan fingerprint density at radius 1 is 1.58 bits per heavy atom. The molecule has 5 heteroatoms. The van der Waals surface area contributed by atoms with Crippen LogP contribution in [0.5, 0.6) is 0 Å². The van der Waals surface area contributed by atoms with Crippen molar-refractivity contribution in [2.24, 2.45) is 0 Å². The Bertz CT molecular complexity index is 445. The van der Waals surface area contributed by atoms with E-state index in [0.29, 0.717) is 25.2 Å². The number of hydrogen-bond acceptors (Lipinski definition) is 4. The number of halogens is 1. The number of hydrogen-bond donors (Lipinski definition) is 1. The zero-order valence-electron chi connectivity index (χ0n) is 11.1. The molecule has 0 bridgehead atoms. The summed E-state index contributed by atoms with van der Waals surface area (Å²) in [5.74, 6) is -0.533. The van der Waals surface area contributed by atoms with Gasteiger partial charge in [-0.25, -0.2) is 4.39 Å². The number of pyridine rings is 1. The van der Waals surface area contributed by atoms with E-state index in [9.17, 15) is 14.3 Å². The summed E-state index contributed by atoms with van der Waals surface area (Å²) in [4.78, 5) is 17.8. The maximum atomic E-state index is 12.7. The molecule has 1 unspecified atom stereocenters. The number of β-amino-alcohol motifs (C(OH)–C–C–N with tert-alkyl or cyclic N) is 1. The summed E-state index contributed by atoms with van der Waals surface area (Å²) in [6.45, 7) is 3.92. The minimum absolute atomic E-state index is 0.0924. The fourth-order valence-corrected chi connectivity index (χ4v) is 2.44. The van der Waals surface area contributed by atoms with Crippen LogP contribution in [0, 0.1) is 5.82 Å². The first-order valence-corrected chi connectivity index (χ1v) is 6.56. The second kappa shape index (κ2) is 5.75. The summed E-state index contributed by atoms with van der Waals surface area (Å²) in [6.07, 6.45) is 3.14. The van der Waals surface area contributed by atoms with E-state index in [1.807, 2.05) is 6.92 Å². The van der Waals surface area contributed by atoms with Crippen LogP contribution in [-0.4, -0.2) is 46.0 Å². The van der Waals surface area contributed by atoms with Crippen molar-refractivity contribution in [2.75, 3.05) is 19.6 Å². The van der Waals surface area contributed by atoms with Gasteiger partial charge in [-0.1, -0.05) is 0 Å². The maximum absolute atomic E-state index is 12.7. The van der Waals surface area contributed by atoms with Gasteiger partial charge in [0, 0.05) is 19.5 Å². The lowest BCUT2D eigenvalue weighted by Crippen LogP contribution is -2.46. The number of nitrogens with zero attached hydrogens (tertiary/aromatic N) is 2. The first-order chi connectivity index (χ1) is 8.96. The average Bonchev–Trinajstić information content (AvgIpc) is 2.36. The van der Waals surface area contributed by atoms with Gasteiger partial charge in [0.1, 0.15) is 11.5 Å². The molecule has 2 rings (SSSR count). The predicted octanol–water partition coefficient (Wildman–Crippen LogP) is 1.64. The fraction of sp³-hybridized carbons (Fsp3) is 0.571. The van der Waals surface area contributed by atoms with Crippen LogP contribution in [0.1, 0.15) is 36.7 Å². The number of likely N-dealkylation sites (tertiary alicyclic amines) is 1. The molecule has 104 valence electrons. The minimum atomic E-state index is -0.657. The van der Waals surface area contributed by atoms with Gasteiger partial charge in [-0.2, -0.15) is 0 Å². The highest BCUT2D eigenvalue weighted by atomic mass is 19.1. The summed E-state index contributed by atoms with van der Waals surface area (Å²) in [7, 11) is 0. The molecule has 1 saturated heterocycles. The monoisotopic (exact) mass is 266 g/mol. The normalized spacial score (nSPS) is 24.4. The van der Waals surface area contributed by atoms with Crippen molar-refractivity contribution in [1.82, 2.24) is 9.88 Å². The van der Waals surface area contributed by atoms with E-state index >= 15 is 0 Å². The highest BCUT2D eigenvalue weighted by Gasteiger charge is 2.28. The predicted molar refractivity (Wildman–Crippen MR) is 69.4 cm³/mol. The quantitative estimate of drug-likeness (QED) is 0.842. The van der Waals surface area contributed by atoms with Gasteiger partial charge >= 0.3 is 0 Å². The lowest BCUT2D eigenvalue weighted by molar-refractivity contribution is -0.0153. The van der Waals surface area contributed by atoms with Crippen LogP contribution in [-0.2, 0) is 0 Å². The Balaban J connectivity index is 1.85. The van der Waals surface area contributed by atoms with Crippen LogP contribution in [0.2, 0.25) is 0 Å². The van der Waals surface area contributed by atoms with Crippen molar-refractivity contribution in [3.63, 3.8) is 0 Å². The van der Waals surface area contributed by atoms with Gasteiger partial charge < -0.3 is 10.0 Å². The molecule has 0 spiro atoms. The van der Waals surface area contributed by atoms with Gasteiger partial charge in [-0.3, -0.25) is 9.78 Å². The second-order valence-corrected chi connectivity index (χ2v) is 5.41. The van der Waals surface area contributed by atoms with Crippen molar-refractivity contribution < 1.29 is 14.3 Å². The van der Waals surface area contributed by atoms with Crippen molar-refractivity contribution >= 4 is 5.78 Å². The summed E-state index contributed by atoms with van der Waals surface area (Å²) in [5.41, 5.74) is -0.361. The molecule has 4 nitrogen and oxygen atoms in total. The van der Waals surface area contributed by atoms with Crippen molar-refractivity contribution in [2.45, 2.75) is 31.8 Å². The molecule has 0 aliphatic carbocycles. The molecule has 1 atom stereocenters. The van der Waals surface area contributed by atoms with Gasteiger partial charge in [-0.15, -0.1) is 0 Å². The molecule has 0 saturated carbocycles. The zero-order chi connectivity index (χ0) is 13.9. The van der Waals surface area contributed by atoms with Crippen LogP contribution in [0.25, 0.3) is 0 Å². The highest BCUT2D eigenvalue weighted by molar-refractivity contribution is 5.94. The average molecular weight is 266 g/mol. The number of Topliss-reactive ketones (excluding diaryl/α,β-unsaturated/α-hetero) is 1. The first-order valence-electron chi connectivity index (χ1n) is 6.56. The highest BCUT2D eigenvalue weighted by Crippen LogP contribution is 2.20. The molecule has 0 aromatic carbocycles. The fourth-order valence-electron chi connectivity index (χ4n) is 2.44. The molecule has 1 N–H and O–H groups in total. The number of aliphatic hydroxyl groups is 1. The summed E-state index contributed by atoms with van der Waals surface area (Å²) >= 11 is 0. The molecular formula is C14H19FN2O2. The molecule has 0 amide bonds. The molecular weight excluding hydrogens is 247 g/mol. The number of aromatic nitrogens is 1. The molecule has 19 heavy (non-hydrogen) atoms. The van der Waals surface area contributed by atoms with E-state index < -0.39 is 11.4 Å². The van der Waals surface area contributed by atoms with Gasteiger partial charge in [0.15, 0.2) is 5.78 Å². The second-order valence-electron chi connectivity index (χ2n) is 5.41. The Labute approximate surface area is 112 Å². The van der Waals surface area contributed by atoms with Crippen molar-refractivity contribution in [1.29, 1.82) is 0 Å². The zero-order valence-corrected chi connectivity index (χ0v) is 11.1. The molecule has 0 radical (unpaired) electrons. The van der Waals surface area contributed by atoms with E-state index in [2.05, 4.69) is 9.88 Å². The molecule has 1 aromatic heterocycles. The Morgan fingerprint density at radius 2 is 2.37 bits per heavy atom. The van der Waals surface area contributed by atoms with Crippen LogP contribution >= 0.6 is 0 Å². The number of rotatable bonds is 4. The Morgan fingerprint density at radius 3 is 3.00 bits per heavy atom. The molecule has 1 fully saturated rings. The molecule has 2 heterocycles. The van der Waals surface area contributed by atoms with Crippen LogP contribution in [0.15, 0.2) is 18.3 Å². The number of piperidine rings is 1. The van der Waals surface area contributed by atoms with Crippen LogP contribution in [0.3, 0.4) is 0 Å². The summed E-state index contributed by atoms with van der Waals surface area (Å²) in [5, 5.41) is 9.98. The van der Waals surface area contributed by atoms with Gasteiger partial charge in [0.25, 0.3) is 0 Å². The lowest BCUT2D eigenvalue weighted by atomic mass is 9.95. The molecule has 1 aromatic rings. The van der Waals surface area contributed by atoms with Gasteiger partial charge in [0.05, 0.1) is 11.8 Å². The third kappa shape index (κ3) is 4.08.